The standard InChI is InChI=1S/C22H24N2O4S2/c1-2-16-5-7-17(8-6-16)22-23-18(14-29-22)12-21(25)24(13-20-4-3-10-28-20)19-9-11-30(26,27)15-19/h3-8,10,14,19H,2,9,11-13,15H2,1H3/t19-/m1/s1. The number of rotatable bonds is 7. The Hall–Kier alpha value is -2.45. The Morgan fingerprint density at radius 1 is 1.27 bits per heavy atom. The monoisotopic (exact) mass is 444 g/mol. The van der Waals surface area contributed by atoms with Crippen LogP contribution in [0.25, 0.3) is 10.6 Å². The van der Waals surface area contributed by atoms with Crippen LogP contribution >= 0.6 is 11.3 Å². The third-order valence-electron chi connectivity index (χ3n) is 5.37. The van der Waals surface area contributed by atoms with E-state index in [0.717, 1.165) is 17.0 Å². The number of aromatic nitrogens is 1. The Kier molecular flexibility index (Phi) is 6.06. The van der Waals surface area contributed by atoms with E-state index < -0.39 is 9.84 Å². The summed E-state index contributed by atoms with van der Waals surface area (Å²) < 4.78 is 29.3. The first-order valence-electron chi connectivity index (χ1n) is 9.99. The molecular formula is C22H24N2O4S2. The zero-order chi connectivity index (χ0) is 21.1. The van der Waals surface area contributed by atoms with Crippen molar-refractivity contribution in [1.29, 1.82) is 0 Å². The van der Waals surface area contributed by atoms with Crippen molar-refractivity contribution in [1.82, 2.24) is 9.88 Å². The molecule has 1 aromatic carbocycles. The fourth-order valence-electron chi connectivity index (χ4n) is 3.67. The van der Waals surface area contributed by atoms with Crippen LogP contribution in [-0.2, 0) is 34.0 Å². The quantitative estimate of drug-likeness (QED) is 0.555. The van der Waals surface area contributed by atoms with Crippen LogP contribution < -0.4 is 0 Å². The van der Waals surface area contributed by atoms with Crippen LogP contribution in [-0.4, -0.2) is 41.8 Å². The Labute approximate surface area is 180 Å². The molecule has 0 unspecified atom stereocenters. The molecule has 1 atom stereocenters. The first-order chi connectivity index (χ1) is 14.4. The maximum absolute atomic E-state index is 13.1. The fraction of sp³-hybridized carbons (Fsp3) is 0.364. The maximum Gasteiger partial charge on any atom is 0.229 e. The summed E-state index contributed by atoms with van der Waals surface area (Å²) in [6.07, 6.45) is 3.14. The molecule has 1 aliphatic rings. The molecule has 158 valence electrons. The third-order valence-corrected chi connectivity index (χ3v) is 8.06. The van der Waals surface area contributed by atoms with Crippen LogP contribution in [0.1, 0.15) is 30.4 Å². The van der Waals surface area contributed by atoms with Gasteiger partial charge in [-0.1, -0.05) is 31.2 Å². The maximum atomic E-state index is 13.1. The molecule has 8 heteroatoms. The van der Waals surface area contributed by atoms with Gasteiger partial charge in [0.05, 0.1) is 36.4 Å². The lowest BCUT2D eigenvalue weighted by molar-refractivity contribution is -0.133. The molecule has 4 rings (SSSR count). The minimum Gasteiger partial charge on any atom is -0.467 e. The average Bonchev–Trinajstić information content (AvgIpc) is 3.47. The highest BCUT2D eigenvalue weighted by Crippen LogP contribution is 2.26. The molecule has 1 aliphatic heterocycles. The van der Waals surface area contributed by atoms with Gasteiger partial charge in [0.15, 0.2) is 9.84 Å². The molecular weight excluding hydrogens is 420 g/mol. The zero-order valence-electron chi connectivity index (χ0n) is 16.8. The average molecular weight is 445 g/mol. The van der Waals surface area contributed by atoms with Crippen molar-refractivity contribution in [2.45, 2.75) is 38.8 Å². The number of nitrogens with zero attached hydrogens (tertiary/aromatic N) is 2. The lowest BCUT2D eigenvalue weighted by Crippen LogP contribution is -2.41. The predicted octanol–water partition coefficient (Wildman–Crippen LogP) is 3.72. The Morgan fingerprint density at radius 3 is 2.70 bits per heavy atom. The van der Waals surface area contributed by atoms with Gasteiger partial charge in [-0.3, -0.25) is 4.79 Å². The second-order valence-corrected chi connectivity index (χ2v) is 10.6. The molecule has 0 saturated carbocycles. The fourth-order valence-corrected chi connectivity index (χ4v) is 6.23. The number of thiazole rings is 1. The highest BCUT2D eigenvalue weighted by molar-refractivity contribution is 7.91. The van der Waals surface area contributed by atoms with E-state index in [4.69, 9.17) is 4.42 Å². The van der Waals surface area contributed by atoms with Crippen LogP contribution in [0.15, 0.2) is 52.5 Å². The van der Waals surface area contributed by atoms with Crippen molar-refractivity contribution in [2.75, 3.05) is 11.5 Å². The van der Waals surface area contributed by atoms with E-state index in [1.54, 1.807) is 23.3 Å². The van der Waals surface area contributed by atoms with Crippen molar-refractivity contribution in [3.05, 3.63) is 65.1 Å². The van der Waals surface area contributed by atoms with Crippen molar-refractivity contribution in [3.63, 3.8) is 0 Å². The van der Waals surface area contributed by atoms with Crippen molar-refractivity contribution < 1.29 is 17.6 Å². The number of amides is 1. The van der Waals surface area contributed by atoms with E-state index in [9.17, 15) is 13.2 Å². The summed E-state index contributed by atoms with van der Waals surface area (Å²) >= 11 is 1.51. The lowest BCUT2D eigenvalue weighted by Gasteiger charge is -2.27. The molecule has 3 heterocycles. The highest BCUT2D eigenvalue weighted by atomic mass is 32.2. The van der Waals surface area contributed by atoms with E-state index in [2.05, 4.69) is 36.2 Å². The third kappa shape index (κ3) is 4.82. The van der Waals surface area contributed by atoms with E-state index in [1.807, 2.05) is 5.38 Å². The van der Waals surface area contributed by atoms with Gasteiger partial charge in [0.1, 0.15) is 10.8 Å². The van der Waals surface area contributed by atoms with Gasteiger partial charge in [-0.2, -0.15) is 0 Å². The van der Waals surface area contributed by atoms with Gasteiger partial charge in [-0.15, -0.1) is 11.3 Å². The second-order valence-electron chi connectivity index (χ2n) is 7.53. The summed E-state index contributed by atoms with van der Waals surface area (Å²) in [7, 11) is -3.10. The minimum absolute atomic E-state index is 0.00550. The number of hydrogen-bond donors (Lipinski definition) is 0. The van der Waals surface area contributed by atoms with E-state index in [0.29, 0.717) is 17.9 Å². The van der Waals surface area contributed by atoms with Crippen molar-refractivity contribution >= 4 is 27.1 Å². The molecule has 1 fully saturated rings. The Bertz CT molecular complexity index is 1100. The molecule has 2 aromatic heterocycles. The molecule has 0 spiro atoms. The van der Waals surface area contributed by atoms with Gasteiger partial charge in [0.2, 0.25) is 5.91 Å². The molecule has 0 bridgehead atoms. The Balaban J connectivity index is 1.50. The SMILES string of the molecule is CCc1ccc(-c2nc(CC(=O)N(Cc3ccco3)[C@@H]3CCS(=O)(=O)C3)cs2)cc1. The van der Waals surface area contributed by atoms with Gasteiger partial charge in [-0.25, -0.2) is 13.4 Å². The first-order valence-corrected chi connectivity index (χ1v) is 12.7. The number of hydrogen-bond acceptors (Lipinski definition) is 6. The number of furan rings is 1. The summed E-state index contributed by atoms with van der Waals surface area (Å²) in [5.74, 6) is 0.633. The van der Waals surface area contributed by atoms with Crippen LogP contribution in [0, 0.1) is 0 Å². The summed E-state index contributed by atoms with van der Waals surface area (Å²) in [6.45, 7) is 2.38. The number of sulfone groups is 1. The molecule has 3 aromatic rings. The van der Waals surface area contributed by atoms with Crippen LogP contribution in [0.3, 0.4) is 0 Å². The van der Waals surface area contributed by atoms with Gasteiger partial charge in [0.25, 0.3) is 0 Å². The number of carbonyl (C=O) groups is 1. The molecule has 0 radical (unpaired) electrons. The number of aryl methyl sites for hydroxylation is 1. The van der Waals surface area contributed by atoms with Crippen LogP contribution in [0.4, 0.5) is 0 Å². The summed E-state index contributed by atoms with van der Waals surface area (Å²) in [6, 6.07) is 11.5. The molecule has 6 nitrogen and oxygen atoms in total. The van der Waals surface area contributed by atoms with Gasteiger partial charge in [-0.05, 0) is 30.5 Å². The second kappa shape index (κ2) is 8.73. The highest BCUT2D eigenvalue weighted by Gasteiger charge is 2.35. The minimum atomic E-state index is -3.10. The Morgan fingerprint density at radius 2 is 2.07 bits per heavy atom. The molecule has 1 saturated heterocycles. The van der Waals surface area contributed by atoms with Gasteiger partial charge in [0, 0.05) is 17.0 Å². The van der Waals surface area contributed by atoms with Crippen molar-refractivity contribution in [2.24, 2.45) is 0 Å². The largest absolute Gasteiger partial charge is 0.467 e. The first kappa shape index (κ1) is 20.8. The zero-order valence-corrected chi connectivity index (χ0v) is 18.4. The summed E-state index contributed by atoms with van der Waals surface area (Å²) in [4.78, 5) is 19.4. The van der Waals surface area contributed by atoms with Crippen LogP contribution in [0.5, 0.6) is 0 Å². The number of carbonyl (C=O) groups excluding carboxylic acids is 1. The van der Waals surface area contributed by atoms with Gasteiger partial charge < -0.3 is 9.32 Å². The summed E-state index contributed by atoms with van der Waals surface area (Å²) in [5.41, 5.74) is 3.00. The predicted molar refractivity (Wildman–Crippen MR) is 117 cm³/mol. The normalized spacial score (nSPS) is 17.8. The summed E-state index contributed by atoms with van der Waals surface area (Å²) in [5, 5.41) is 2.78. The molecule has 0 N–H and O–H groups in total. The van der Waals surface area contributed by atoms with E-state index in [-0.39, 0.29) is 36.4 Å². The molecule has 1 amide bonds. The van der Waals surface area contributed by atoms with E-state index >= 15 is 0 Å². The lowest BCUT2D eigenvalue weighted by atomic mass is 10.1. The van der Waals surface area contributed by atoms with Crippen molar-refractivity contribution in [3.8, 4) is 10.6 Å². The van der Waals surface area contributed by atoms with Crippen LogP contribution in [0.2, 0.25) is 0 Å². The number of benzene rings is 1. The molecule has 0 aliphatic carbocycles. The molecule has 30 heavy (non-hydrogen) atoms. The van der Waals surface area contributed by atoms with Gasteiger partial charge >= 0.3 is 0 Å². The van der Waals surface area contributed by atoms with E-state index in [1.165, 1.54) is 16.9 Å². The smallest absolute Gasteiger partial charge is 0.229 e. The topological polar surface area (TPSA) is 80.5 Å².